The van der Waals surface area contributed by atoms with Gasteiger partial charge in [0.05, 0.1) is 0 Å². The number of carbonyl (C=O) groups excluding carboxylic acids is 3. The molecule has 2 amide bonds. The van der Waals surface area contributed by atoms with Crippen molar-refractivity contribution in [2.45, 2.75) is 13.0 Å². The van der Waals surface area contributed by atoms with E-state index in [9.17, 15) is 23.2 Å². The van der Waals surface area contributed by atoms with E-state index in [0.717, 1.165) is 17.7 Å². The van der Waals surface area contributed by atoms with E-state index < -0.39 is 35.3 Å². The maximum atomic E-state index is 13.4. The van der Waals surface area contributed by atoms with Crippen molar-refractivity contribution in [1.82, 2.24) is 5.32 Å². The number of nitrogens with one attached hydrogen (secondary N) is 1. The Balaban J connectivity index is 1.50. The molecule has 1 N–H and O–H groups in total. The van der Waals surface area contributed by atoms with Crippen molar-refractivity contribution in [2.24, 2.45) is 5.92 Å². The predicted molar refractivity (Wildman–Crippen MR) is 96.1 cm³/mol. The van der Waals surface area contributed by atoms with Crippen LogP contribution in [0.4, 0.5) is 14.5 Å². The zero-order valence-electron chi connectivity index (χ0n) is 14.9. The van der Waals surface area contributed by atoms with E-state index in [1.165, 1.54) is 11.0 Å². The quantitative estimate of drug-likeness (QED) is 0.608. The van der Waals surface area contributed by atoms with E-state index in [-0.39, 0.29) is 31.8 Å². The van der Waals surface area contributed by atoms with Crippen LogP contribution in [0.25, 0.3) is 0 Å². The maximum Gasteiger partial charge on any atom is 0.325 e. The second-order valence-corrected chi connectivity index (χ2v) is 6.29. The van der Waals surface area contributed by atoms with Gasteiger partial charge < -0.3 is 15.0 Å². The molecule has 1 heterocycles. The SMILES string of the molecule is O=C(CNC(=O)C1CCN(c2ccc(F)c(F)c2)C1=O)OCc1ccccc1. The summed E-state index contributed by atoms with van der Waals surface area (Å²) in [5.74, 6) is -4.83. The minimum Gasteiger partial charge on any atom is -0.460 e. The van der Waals surface area contributed by atoms with Gasteiger partial charge in [-0.1, -0.05) is 30.3 Å². The first-order valence-corrected chi connectivity index (χ1v) is 8.69. The third kappa shape index (κ3) is 4.51. The Hall–Kier alpha value is -3.29. The number of halogens is 2. The van der Waals surface area contributed by atoms with Gasteiger partial charge in [0.15, 0.2) is 11.6 Å². The van der Waals surface area contributed by atoms with Crippen molar-refractivity contribution in [3.05, 3.63) is 65.7 Å². The summed E-state index contributed by atoms with van der Waals surface area (Å²) in [7, 11) is 0. The van der Waals surface area contributed by atoms with Crippen LogP contribution in [-0.2, 0) is 25.7 Å². The number of rotatable bonds is 6. The Morgan fingerprint density at radius 1 is 1.11 bits per heavy atom. The molecule has 3 rings (SSSR count). The molecule has 1 unspecified atom stereocenters. The van der Waals surface area contributed by atoms with Gasteiger partial charge in [0.2, 0.25) is 11.8 Å². The highest BCUT2D eigenvalue weighted by Crippen LogP contribution is 2.26. The van der Waals surface area contributed by atoms with Crippen LogP contribution in [0.15, 0.2) is 48.5 Å². The van der Waals surface area contributed by atoms with E-state index in [1.54, 1.807) is 12.1 Å². The Labute approximate surface area is 160 Å². The van der Waals surface area contributed by atoms with E-state index in [4.69, 9.17) is 4.74 Å². The Bertz CT molecular complexity index is 889. The summed E-state index contributed by atoms with van der Waals surface area (Å²) in [5, 5.41) is 2.39. The minimum absolute atomic E-state index is 0.0851. The standard InChI is InChI=1S/C20H18F2N2O4/c21-16-7-6-14(10-17(16)22)24-9-8-15(20(24)27)19(26)23-11-18(25)28-12-13-4-2-1-3-5-13/h1-7,10,15H,8-9,11-12H2,(H,23,26). The van der Waals surface area contributed by atoms with E-state index in [2.05, 4.69) is 5.32 Å². The number of hydrogen-bond donors (Lipinski definition) is 1. The number of ether oxygens (including phenoxy) is 1. The van der Waals surface area contributed by atoms with E-state index in [0.29, 0.717) is 0 Å². The molecule has 1 aliphatic heterocycles. The zero-order chi connectivity index (χ0) is 20.1. The molecule has 146 valence electrons. The van der Waals surface area contributed by atoms with Gasteiger partial charge in [0.25, 0.3) is 0 Å². The first-order chi connectivity index (χ1) is 13.5. The highest BCUT2D eigenvalue weighted by Gasteiger charge is 2.37. The maximum absolute atomic E-state index is 13.4. The van der Waals surface area contributed by atoms with Crippen molar-refractivity contribution < 1.29 is 27.9 Å². The van der Waals surface area contributed by atoms with Crippen LogP contribution in [0.5, 0.6) is 0 Å². The average Bonchev–Trinajstić information content (AvgIpc) is 3.09. The van der Waals surface area contributed by atoms with Crippen LogP contribution in [-0.4, -0.2) is 30.9 Å². The molecule has 0 spiro atoms. The second-order valence-electron chi connectivity index (χ2n) is 6.29. The lowest BCUT2D eigenvalue weighted by Gasteiger charge is -2.17. The molecule has 0 saturated carbocycles. The molecule has 8 heteroatoms. The fourth-order valence-electron chi connectivity index (χ4n) is 2.90. The summed E-state index contributed by atoms with van der Waals surface area (Å²) in [6, 6.07) is 12.2. The van der Waals surface area contributed by atoms with Crippen LogP contribution in [0, 0.1) is 17.6 Å². The molecule has 2 aromatic rings. The molecule has 6 nitrogen and oxygen atoms in total. The van der Waals surface area contributed by atoms with Gasteiger partial charge in [-0.25, -0.2) is 8.78 Å². The molecule has 1 fully saturated rings. The van der Waals surface area contributed by atoms with Crippen molar-refractivity contribution in [2.75, 3.05) is 18.0 Å². The number of nitrogens with zero attached hydrogens (tertiary/aromatic N) is 1. The Morgan fingerprint density at radius 3 is 2.57 bits per heavy atom. The number of hydrogen-bond acceptors (Lipinski definition) is 4. The van der Waals surface area contributed by atoms with E-state index >= 15 is 0 Å². The van der Waals surface area contributed by atoms with Crippen LogP contribution in [0.1, 0.15) is 12.0 Å². The first kappa shape index (κ1) is 19.5. The van der Waals surface area contributed by atoms with Gasteiger partial charge >= 0.3 is 5.97 Å². The summed E-state index contributed by atoms with van der Waals surface area (Å²) in [4.78, 5) is 37.6. The molecular formula is C20H18F2N2O4. The van der Waals surface area contributed by atoms with Crippen LogP contribution >= 0.6 is 0 Å². The molecule has 0 aliphatic carbocycles. The van der Waals surface area contributed by atoms with Crippen LogP contribution in [0.2, 0.25) is 0 Å². The number of anilines is 1. The van der Waals surface area contributed by atoms with Gasteiger partial charge in [-0.2, -0.15) is 0 Å². The third-order valence-corrected chi connectivity index (χ3v) is 4.39. The average molecular weight is 388 g/mol. The largest absolute Gasteiger partial charge is 0.460 e. The lowest BCUT2D eigenvalue weighted by atomic mass is 10.1. The summed E-state index contributed by atoms with van der Waals surface area (Å²) in [6.07, 6.45) is 0.211. The highest BCUT2D eigenvalue weighted by molar-refractivity contribution is 6.10. The molecule has 0 bridgehead atoms. The van der Waals surface area contributed by atoms with Gasteiger partial charge in [0, 0.05) is 18.3 Å². The molecule has 28 heavy (non-hydrogen) atoms. The lowest BCUT2D eigenvalue weighted by Crippen LogP contribution is -2.39. The summed E-state index contributed by atoms with van der Waals surface area (Å²) >= 11 is 0. The minimum atomic E-state index is -1.07. The van der Waals surface area contributed by atoms with Gasteiger partial charge in [-0.05, 0) is 24.1 Å². The smallest absolute Gasteiger partial charge is 0.325 e. The van der Waals surface area contributed by atoms with Gasteiger partial charge in [-0.3, -0.25) is 14.4 Å². The summed E-state index contributed by atoms with van der Waals surface area (Å²) in [5.41, 5.74) is 0.997. The van der Waals surface area contributed by atoms with Crippen molar-refractivity contribution in [3.63, 3.8) is 0 Å². The Kier molecular flexibility index (Phi) is 5.98. The number of esters is 1. The van der Waals surface area contributed by atoms with Crippen molar-refractivity contribution in [3.8, 4) is 0 Å². The zero-order valence-corrected chi connectivity index (χ0v) is 14.9. The molecule has 1 atom stereocenters. The fourth-order valence-corrected chi connectivity index (χ4v) is 2.90. The summed E-state index contributed by atoms with van der Waals surface area (Å²) in [6.45, 7) is -0.0805. The number of amides is 2. The number of carbonyl (C=O) groups is 3. The lowest BCUT2D eigenvalue weighted by molar-refractivity contribution is -0.146. The first-order valence-electron chi connectivity index (χ1n) is 8.69. The summed E-state index contributed by atoms with van der Waals surface area (Å²) < 4.78 is 31.5. The topological polar surface area (TPSA) is 75.7 Å². The fraction of sp³-hybridized carbons (Fsp3) is 0.250. The second kappa shape index (κ2) is 8.60. The molecule has 0 aromatic heterocycles. The van der Waals surface area contributed by atoms with Crippen molar-refractivity contribution in [1.29, 1.82) is 0 Å². The van der Waals surface area contributed by atoms with E-state index in [1.807, 2.05) is 18.2 Å². The Morgan fingerprint density at radius 2 is 1.86 bits per heavy atom. The number of benzene rings is 2. The highest BCUT2D eigenvalue weighted by atomic mass is 19.2. The normalized spacial score (nSPS) is 16.1. The monoisotopic (exact) mass is 388 g/mol. The van der Waals surface area contributed by atoms with Crippen LogP contribution in [0.3, 0.4) is 0 Å². The van der Waals surface area contributed by atoms with Crippen molar-refractivity contribution >= 4 is 23.5 Å². The van der Waals surface area contributed by atoms with Gasteiger partial charge in [-0.15, -0.1) is 0 Å². The van der Waals surface area contributed by atoms with Crippen LogP contribution < -0.4 is 10.2 Å². The van der Waals surface area contributed by atoms with Gasteiger partial charge in [0.1, 0.15) is 19.1 Å². The molecular weight excluding hydrogens is 370 g/mol. The molecule has 2 aromatic carbocycles. The molecule has 1 aliphatic rings. The predicted octanol–water partition coefficient (Wildman–Crippen LogP) is 2.18. The molecule has 0 radical (unpaired) electrons. The third-order valence-electron chi connectivity index (χ3n) is 4.39. The molecule has 1 saturated heterocycles.